The molecule has 0 bridgehead atoms. The minimum Gasteiger partial charge on any atom is -0.494 e. The van der Waals surface area contributed by atoms with E-state index in [1.165, 1.54) is 12.8 Å². The van der Waals surface area contributed by atoms with Gasteiger partial charge in [0.15, 0.2) is 0 Å². The van der Waals surface area contributed by atoms with Crippen LogP contribution in [0.15, 0.2) is 29.3 Å². The highest BCUT2D eigenvalue weighted by atomic mass is 16.5. The number of methoxy groups -OCH3 is 1. The van der Waals surface area contributed by atoms with Crippen LogP contribution in [0, 0.1) is 5.92 Å². The Kier molecular flexibility index (Phi) is 2.39. The molecule has 3 nitrogen and oxygen atoms in total. The Hall–Kier alpha value is -1.51. The fourth-order valence-electron chi connectivity index (χ4n) is 1.33. The topological polar surface area (TPSA) is 47.6 Å². The highest BCUT2D eigenvalue weighted by Gasteiger charge is 2.25. The summed E-state index contributed by atoms with van der Waals surface area (Å²) in [4.78, 5) is 4.36. The Morgan fingerprint density at radius 1 is 1.43 bits per heavy atom. The van der Waals surface area contributed by atoms with Crippen molar-refractivity contribution in [1.29, 1.82) is 0 Å². The lowest BCUT2D eigenvalue weighted by Gasteiger charge is -2.04. The van der Waals surface area contributed by atoms with Crippen LogP contribution in [-0.2, 0) is 0 Å². The number of nitrogens with zero attached hydrogens (tertiary/aromatic N) is 1. The first kappa shape index (κ1) is 9.06. The quantitative estimate of drug-likeness (QED) is 0.586. The minimum atomic E-state index is 0.500. The van der Waals surface area contributed by atoms with E-state index in [4.69, 9.17) is 10.5 Å². The molecular weight excluding hydrogens is 176 g/mol. The molecule has 3 heteroatoms. The molecule has 1 aromatic carbocycles. The predicted octanol–water partition coefficient (Wildman–Crippen LogP) is 2.09. The molecule has 74 valence electrons. The largest absolute Gasteiger partial charge is 0.494 e. The Morgan fingerprint density at radius 2 is 2.14 bits per heavy atom. The van der Waals surface area contributed by atoms with Crippen molar-refractivity contribution in [2.75, 3.05) is 7.11 Å². The summed E-state index contributed by atoms with van der Waals surface area (Å²) in [6.07, 6.45) is 2.34. The van der Waals surface area contributed by atoms with Crippen molar-refractivity contribution in [1.82, 2.24) is 0 Å². The van der Waals surface area contributed by atoms with Gasteiger partial charge in [0.25, 0.3) is 0 Å². The van der Waals surface area contributed by atoms with Crippen LogP contribution in [0.5, 0.6) is 5.75 Å². The molecular formula is C11H14N2O. The first-order valence-electron chi connectivity index (χ1n) is 4.78. The molecule has 0 saturated heterocycles. The van der Waals surface area contributed by atoms with Gasteiger partial charge in [-0.1, -0.05) is 12.1 Å². The van der Waals surface area contributed by atoms with Crippen LogP contribution in [0.2, 0.25) is 0 Å². The number of para-hydroxylation sites is 2. The van der Waals surface area contributed by atoms with Gasteiger partial charge in [0.05, 0.1) is 7.11 Å². The zero-order chi connectivity index (χ0) is 9.97. The van der Waals surface area contributed by atoms with Crippen molar-refractivity contribution in [3.05, 3.63) is 24.3 Å². The van der Waals surface area contributed by atoms with Crippen molar-refractivity contribution in [3.8, 4) is 5.75 Å². The number of ether oxygens (including phenoxy) is 1. The summed E-state index contributed by atoms with van der Waals surface area (Å²) < 4.78 is 5.18. The lowest BCUT2D eigenvalue weighted by molar-refractivity contribution is 0.416. The second-order valence-electron chi connectivity index (χ2n) is 3.48. The van der Waals surface area contributed by atoms with Gasteiger partial charge in [-0.05, 0) is 25.0 Å². The molecule has 1 aromatic rings. The van der Waals surface area contributed by atoms with E-state index in [0.29, 0.717) is 5.92 Å². The average molecular weight is 190 g/mol. The molecule has 2 rings (SSSR count). The van der Waals surface area contributed by atoms with E-state index >= 15 is 0 Å². The molecule has 0 radical (unpaired) electrons. The molecule has 1 saturated carbocycles. The van der Waals surface area contributed by atoms with Crippen molar-refractivity contribution in [2.24, 2.45) is 16.6 Å². The van der Waals surface area contributed by atoms with Crippen molar-refractivity contribution in [3.63, 3.8) is 0 Å². The second-order valence-corrected chi connectivity index (χ2v) is 3.48. The van der Waals surface area contributed by atoms with Crippen molar-refractivity contribution >= 4 is 11.5 Å². The van der Waals surface area contributed by atoms with Gasteiger partial charge < -0.3 is 10.5 Å². The Morgan fingerprint density at radius 3 is 2.79 bits per heavy atom. The molecule has 0 spiro atoms. The molecule has 0 heterocycles. The molecule has 1 fully saturated rings. The fourth-order valence-corrected chi connectivity index (χ4v) is 1.33. The molecule has 0 unspecified atom stereocenters. The van der Waals surface area contributed by atoms with Crippen LogP contribution >= 0.6 is 0 Å². The van der Waals surface area contributed by atoms with Crippen LogP contribution in [0.3, 0.4) is 0 Å². The average Bonchev–Trinajstić information content (AvgIpc) is 3.02. The summed E-state index contributed by atoms with van der Waals surface area (Å²) in [5.74, 6) is 2.01. The molecule has 2 N–H and O–H groups in total. The molecule has 0 amide bonds. The predicted molar refractivity (Wildman–Crippen MR) is 57.0 cm³/mol. The number of hydrogen-bond acceptors (Lipinski definition) is 2. The number of amidine groups is 1. The van der Waals surface area contributed by atoms with Gasteiger partial charge in [-0.2, -0.15) is 0 Å². The lowest BCUT2D eigenvalue weighted by Crippen LogP contribution is -2.13. The first-order chi connectivity index (χ1) is 6.81. The third kappa shape index (κ3) is 1.87. The summed E-state index contributed by atoms with van der Waals surface area (Å²) in [7, 11) is 1.64. The van der Waals surface area contributed by atoms with Gasteiger partial charge in [0, 0.05) is 5.92 Å². The van der Waals surface area contributed by atoms with Crippen molar-refractivity contribution < 1.29 is 4.74 Å². The van der Waals surface area contributed by atoms with Crippen LogP contribution in [0.1, 0.15) is 12.8 Å². The van der Waals surface area contributed by atoms with Crippen LogP contribution in [0.25, 0.3) is 0 Å². The van der Waals surface area contributed by atoms with E-state index in [1.807, 2.05) is 24.3 Å². The van der Waals surface area contributed by atoms with Gasteiger partial charge in [-0.25, -0.2) is 4.99 Å². The van der Waals surface area contributed by atoms with Gasteiger partial charge in [-0.3, -0.25) is 0 Å². The number of aliphatic imine (C=N–C) groups is 1. The maximum absolute atomic E-state index is 5.83. The number of hydrogen-bond donors (Lipinski definition) is 1. The van der Waals surface area contributed by atoms with E-state index in [2.05, 4.69) is 4.99 Å². The Bertz CT molecular complexity index is 356. The Labute approximate surface area is 83.6 Å². The second kappa shape index (κ2) is 3.70. The minimum absolute atomic E-state index is 0.500. The molecule has 0 aromatic heterocycles. The molecule has 1 aliphatic carbocycles. The van der Waals surface area contributed by atoms with E-state index in [1.54, 1.807) is 7.11 Å². The van der Waals surface area contributed by atoms with Gasteiger partial charge in [0.2, 0.25) is 0 Å². The Balaban J connectivity index is 2.26. The van der Waals surface area contributed by atoms with Crippen LogP contribution < -0.4 is 10.5 Å². The SMILES string of the molecule is COc1ccccc1N=C(N)C1CC1. The van der Waals surface area contributed by atoms with Gasteiger partial charge >= 0.3 is 0 Å². The maximum Gasteiger partial charge on any atom is 0.144 e. The number of benzene rings is 1. The van der Waals surface area contributed by atoms with E-state index in [-0.39, 0.29) is 0 Å². The molecule has 1 aliphatic rings. The van der Waals surface area contributed by atoms with Gasteiger partial charge in [0.1, 0.15) is 17.3 Å². The maximum atomic E-state index is 5.83. The summed E-state index contributed by atoms with van der Waals surface area (Å²) >= 11 is 0. The fraction of sp³-hybridized carbons (Fsp3) is 0.364. The zero-order valence-electron chi connectivity index (χ0n) is 8.23. The van der Waals surface area contributed by atoms with E-state index in [9.17, 15) is 0 Å². The monoisotopic (exact) mass is 190 g/mol. The van der Waals surface area contributed by atoms with E-state index < -0.39 is 0 Å². The normalized spacial score (nSPS) is 16.8. The van der Waals surface area contributed by atoms with Crippen molar-refractivity contribution in [2.45, 2.75) is 12.8 Å². The highest BCUT2D eigenvalue weighted by molar-refractivity contribution is 5.87. The summed E-state index contributed by atoms with van der Waals surface area (Å²) in [5, 5.41) is 0. The van der Waals surface area contributed by atoms with Gasteiger partial charge in [-0.15, -0.1) is 0 Å². The standard InChI is InChI=1S/C11H14N2O/c1-14-10-5-3-2-4-9(10)13-11(12)8-6-7-8/h2-5,8H,6-7H2,1H3,(H2,12,13). The lowest BCUT2D eigenvalue weighted by atomic mass is 10.3. The molecule has 0 aliphatic heterocycles. The smallest absolute Gasteiger partial charge is 0.144 e. The first-order valence-corrected chi connectivity index (χ1v) is 4.78. The summed E-state index contributed by atoms with van der Waals surface area (Å²) in [6.45, 7) is 0. The van der Waals surface area contributed by atoms with E-state index in [0.717, 1.165) is 17.3 Å². The van der Waals surface area contributed by atoms with Crippen LogP contribution in [-0.4, -0.2) is 12.9 Å². The zero-order valence-corrected chi connectivity index (χ0v) is 8.23. The molecule has 0 atom stereocenters. The number of rotatable bonds is 3. The molecule has 14 heavy (non-hydrogen) atoms. The third-order valence-corrected chi connectivity index (χ3v) is 2.33. The van der Waals surface area contributed by atoms with Crippen LogP contribution in [0.4, 0.5) is 5.69 Å². The highest BCUT2D eigenvalue weighted by Crippen LogP contribution is 2.32. The summed E-state index contributed by atoms with van der Waals surface area (Å²) in [5.41, 5.74) is 6.65. The summed E-state index contributed by atoms with van der Waals surface area (Å²) in [6, 6.07) is 7.65. The third-order valence-electron chi connectivity index (χ3n) is 2.33. The number of nitrogens with two attached hydrogens (primary N) is 1.